The molecule has 0 fully saturated rings. The molecule has 2 aromatic carbocycles. The second kappa shape index (κ2) is 7.29. The number of halogens is 5. The highest BCUT2D eigenvalue weighted by atomic mass is 19.2. The van der Waals surface area contributed by atoms with Crippen molar-refractivity contribution in [1.29, 1.82) is 0 Å². The first-order chi connectivity index (χ1) is 11.4. The number of nitrogens with one attached hydrogen (secondary N) is 1. The summed E-state index contributed by atoms with van der Waals surface area (Å²) in [6.45, 7) is 1.53. The van der Waals surface area contributed by atoms with Gasteiger partial charge in [-0.15, -0.1) is 0 Å². The molecule has 1 N–H and O–H groups in total. The van der Waals surface area contributed by atoms with E-state index in [0.717, 1.165) is 5.56 Å². The van der Waals surface area contributed by atoms with E-state index in [2.05, 4.69) is 5.10 Å². The molecule has 128 valence electrons. The Kier molecular flexibility index (Phi) is 5.38. The number of hydrogen-bond donors (Lipinski definition) is 1. The molecule has 2 aromatic rings. The van der Waals surface area contributed by atoms with E-state index in [1.54, 1.807) is 24.3 Å². The minimum atomic E-state index is -2.22. The minimum Gasteiger partial charge on any atom is -0.496 e. The molecule has 0 bridgehead atoms. The Labute approximate surface area is 134 Å². The van der Waals surface area contributed by atoms with Gasteiger partial charge in [0.1, 0.15) is 11.4 Å². The average molecular weight is 344 g/mol. The summed E-state index contributed by atoms with van der Waals surface area (Å²) in [6, 6.07) is 7.01. The fourth-order valence-corrected chi connectivity index (χ4v) is 2.02. The molecule has 0 aromatic heterocycles. The van der Waals surface area contributed by atoms with Gasteiger partial charge in [0.25, 0.3) is 0 Å². The van der Waals surface area contributed by atoms with E-state index in [1.807, 2.05) is 5.43 Å². The highest BCUT2D eigenvalue weighted by molar-refractivity contribution is 5.85. The van der Waals surface area contributed by atoms with Crippen molar-refractivity contribution in [2.45, 2.75) is 13.3 Å². The number of methoxy groups -OCH3 is 1. The average Bonchev–Trinajstić information content (AvgIpc) is 2.58. The summed E-state index contributed by atoms with van der Waals surface area (Å²) in [5, 5.41) is 3.67. The molecule has 0 spiro atoms. The first-order valence-corrected chi connectivity index (χ1v) is 6.79. The summed E-state index contributed by atoms with van der Waals surface area (Å²) >= 11 is 0. The Morgan fingerprint density at radius 2 is 1.50 bits per heavy atom. The summed E-state index contributed by atoms with van der Waals surface area (Å²) in [7, 11) is 1.48. The molecule has 2 rings (SSSR count). The molecule has 0 aliphatic rings. The molecular weight excluding hydrogens is 331 g/mol. The van der Waals surface area contributed by atoms with Crippen molar-refractivity contribution in [3.05, 3.63) is 58.9 Å². The molecule has 8 heteroatoms. The van der Waals surface area contributed by atoms with E-state index in [-0.39, 0.29) is 6.42 Å². The van der Waals surface area contributed by atoms with Gasteiger partial charge in [0.05, 0.1) is 7.11 Å². The first-order valence-electron chi connectivity index (χ1n) is 6.79. The monoisotopic (exact) mass is 344 g/mol. The fraction of sp³-hybridized carbons (Fsp3) is 0.188. The minimum absolute atomic E-state index is 0.256. The molecule has 0 radical (unpaired) electrons. The van der Waals surface area contributed by atoms with Gasteiger partial charge in [-0.2, -0.15) is 5.10 Å². The van der Waals surface area contributed by atoms with Crippen LogP contribution in [0.15, 0.2) is 29.4 Å². The zero-order valence-corrected chi connectivity index (χ0v) is 12.8. The topological polar surface area (TPSA) is 33.6 Å². The molecule has 0 aliphatic carbocycles. The van der Waals surface area contributed by atoms with Crippen LogP contribution in [0.1, 0.15) is 12.5 Å². The van der Waals surface area contributed by atoms with Crippen molar-refractivity contribution < 1.29 is 26.7 Å². The quantitative estimate of drug-likeness (QED) is 0.286. The van der Waals surface area contributed by atoms with Crippen LogP contribution in [-0.4, -0.2) is 12.8 Å². The second-order valence-electron chi connectivity index (χ2n) is 4.89. The van der Waals surface area contributed by atoms with Crippen LogP contribution in [0.3, 0.4) is 0 Å². The number of benzene rings is 2. The van der Waals surface area contributed by atoms with Gasteiger partial charge >= 0.3 is 0 Å². The van der Waals surface area contributed by atoms with Crippen molar-refractivity contribution in [1.82, 2.24) is 0 Å². The predicted molar refractivity (Wildman–Crippen MR) is 79.7 cm³/mol. The van der Waals surface area contributed by atoms with Gasteiger partial charge in [-0.1, -0.05) is 18.2 Å². The van der Waals surface area contributed by atoms with Crippen molar-refractivity contribution in [3.8, 4) is 5.75 Å². The molecule has 0 aliphatic heterocycles. The Hall–Kier alpha value is -2.64. The van der Waals surface area contributed by atoms with Gasteiger partial charge in [0, 0.05) is 12.1 Å². The van der Waals surface area contributed by atoms with Crippen LogP contribution in [0.4, 0.5) is 27.6 Å². The van der Waals surface area contributed by atoms with Crippen molar-refractivity contribution in [3.63, 3.8) is 0 Å². The number of para-hydroxylation sites is 1. The maximum atomic E-state index is 13.5. The smallest absolute Gasteiger partial charge is 0.200 e. The summed E-state index contributed by atoms with van der Waals surface area (Å²) in [6.07, 6.45) is 0.256. The largest absolute Gasteiger partial charge is 0.496 e. The summed E-state index contributed by atoms with van der Waals surface area (Å²) < 4.78 is 71.4. The van der Waals surface area contributed by atoms with Crippen LogP contribution in [-0.2, 0) is 6.42 Å². The lowest BCUT2D eigenvalue weighted by molar-refractivity contribution is 0.381. The highest BCUT2D eigenvalue weighted by Gasteiger charge is 2.25. The Bertz CT molecular complexity index is 763. The molecule has 0 saturated carbocycles. The normalized spacial score (nSPS) is 11.5. The van der Waals surface area contributed by atoms with Crippen LogP contribution >= 0.6 is 0 Å². The van der Waals surface area contributed by atoms with Gasteiger partial charge in [0.2, 0.25) is 5.82 Å². The van der Waals surface area contributed by atoms with Crippen molar-refractivity contribution >= 4 is 11.4 Å². The van der Waals surface area contributed by atoms with E-state index in [9.17, 15) is 22.0 Å². The van der Waals surface area contributed by atoms with E-state index in [1.165, 1.54) is 14.0 Å². The Balaban J connectivity index is 2.25. The lowest BCUT2D eigenvalue weighted by Gasteiger charge is -2.10. The molecule has 0 heterocycles. The third-order valence-corrected chi connectivity index (χ3v) is 3.21. The van der Waals surface area contributed by atoms with E-state index >= 15 is 0 Å². The second-order valence-corrected chi connectivity index (χ2v) is 4.89. The zero-order valence-electron chi connectivity index (χ0n) is 12.8. The highest BCUT2D eigenvalue weighted by Crippen LogP contribution is 2.27. The number of nitrogens with zero attached hydrogens (tertiary/aromatic N) is 1. The predicted octanol–water partition coefficient (Wildman–Crippen LogP) is 4.42. The van der Waals surface area contributed by atoms with Crippen LogP contribution in [0, 0.1) is 29.1 Å². The number of hydrazone groups is 1. The van der Waals surface area contributed by atoms with Gasteiger partial charge in [0.15, 0.2) is 23.3 Å². The van der Waals surface area contributed by atoms with Crippen molar-refractivity contribution in [2.24, 2.45) is 5.10 Å². The van der Waals surface area contributed by atoms with E-state index < -0.39 is 34.8 Å². The Morgan fingerprint density at radius 1 is 0.958 bits per heavy atom. The third-order valence-electron chi connectivity index (χ3n) is 3.21. The van der Waals surface area contributed by atoms with Gasteiger partial charge < -0.3 is 4.74 Å². The van der Waals surface area contributed by atoms with Gasteiger partial charge in [-0.25, -0.2) is 22.0 Å². The molecule has 0 saturated heterocycles. The summed E-state index contributed by atoms with van der Waals surface area (Å²) in [5.41, 5.74) is 1.80. The van der Waals surface area contributed by atoms with E-state index in [0.29, 0.717) is 11.5 Å². The van der Waals surface area contributed by atoms with Crippen LogP contribution in [0.2, 0.25) is 0 Å². The molecule has 0 unspecified atom stereocenters. The molecule has 0 atom stereocenters. The SMILES string of the molecule is COc1ccccc1C/C(C)=N\Nc1c(F)c(F)c(F)c(F)c1F. The molecular formula is C16H13F5N2O. The zero-order chi connectivity index (χ0) is 17.9. The maximum absolute atomic E-state index is 13.5. The summed E-state index contributed by atoms with van der Waals surface area (Å²) in [5.74, 6) is -9.64. The standard InChI is InChI=1S/C16H13F5N2O/c1-8(7-9-5-3-4-6-10(9)24-2)22-23-16-14(20)12(18)11(17)13(19)15(16)21/h3-6,23H,7H2,1-2H3/b22-8-. The van der Waals surface area contributed by atoms with Gasteiger partial charge in [-0.05, 0) is 18.6 Å². The lowest BCUT2D eigenvalue weighted by atomic mass is 10.1. The van der Waals surface area contributed by atoms with Crippen LogP contribution in [0.5, 0.6) is 5.75 Å². The molecule has 3 nitrogen and oxygen atoms in total. The van der Waals surface area contributed by atoms with E-state index in [4.69, 9.17) is 4.74 Å². The number of hydrogen-bond acceptors (Lipinski definition) is 3. The lowest BCUT2D eigenvalue weighted by Crippen LogP contribution is -2.09. The summed E-state index contributed by atoms with van der Waals surface area (Å²) in [4.78, 5) is 0. The van der Waals surface area contributed by atoms with Crippen LogP contribution in [0.25, 0.3) is 0 Å². The number of anilines is 1. The molecule has 24 heavy (non-hydrogen) atoms. The third kappa shape index (κ3) is 3.47. The Morgan fingerprint density at radius 3 is 2.08 bits per heavy atom. The van der Waals surface area contributed by atoms with Crippen LogP contribution < -0.4 is 10.2 Å². The fourth-order valence-electron chi connectivity index (χ4n) is 2.02. The maximum Gasteiger partial charge on any atom is 0.200 e. The number of ether oxygens (including phenoxy) is 1. The number of rotatable bonds is 5. The first kappa shape index (κ1) is 17.7. The van der Waals surface area contributed by atoms with Crippen molar-refractivity contribution in [2.75, 3.05) is 12.5 Å². The van der Waals surface area contributed by atoms with Gasteiger partial charge in [-0.3, -0.25) is 5.43 Å². The molecule has 0 amide bonds.